The summed E-state index contributed by atoms with van der Waals surface area (Å²) >= 11 is 0. The molecule has 3 N–H and O–H groups in total. The normalized spacial score (nSPS) is 10.1. The van der Waals surface area contributed by atoms with Crippen molar-refractivity contribution in [1.82, 2.24) is 16.0 Å². The smallest absolute Gasteiger partial charge is 0.270 e. The highest BCUT2D eigenvalue weighted by Gasteiger charge is 2.12. The van der Waals surface area contributed by atoms with Crippen molar-refractivity contribution < 1.29 is 19.3 Å². The Bertz CT molecular complexity index is 630. The van der Waals surface area contributed by atoms with Crippen LogP contribution in [0.15, 0.2) is 24.3 Å². The van der Waals surface area contributed by atoms with Crippen molar-refractivity contribution in [3.63, 3.8) is 0 Å². The molecule has 24 heavy (non-hydrogen) atoms. The molecule has 3 amide bonds. The quantitative estimate of drug-likeness (QED) is 0.355. The molecule has 1 aromatic rings. The molecule has 0 spiro atoms. The van der Waals surface area contributed by atoms with Crippen LogP contribution in [0.2, 0.25) is 0 Å². The number of nitro groups is 1. The molecule has 0 atom stereocenters. The fourth-order valence-corrected chi connectivity index (χ4v) is 1.68. The van der Waals surface area contributed by atoms with Gasteiger partial charge >= 0.3 is 0 Å². The van der Waals surface area contributed by atoms with Gasteiger partial charge in [-0.3, -0.25) is 24.5 Å². The molecule has 0 aromatic heterocycles. The van der Waals surface area contributed by atoms with Crippen molar-refractivity contribution in [3.8, 4) is 0 Å². The van der Waals surface area contributed by atoms with E-state index in [1.54, 1.807) is 13.8 Å². The molecule has 130 valence electrons. The van der Waals surface area contributed by atoms with Gasteiger partial charge in [-0.2, -0.15) is 0 Å². The lowest BCUT2D eigenvalue weighted by molar-refractivity contribution is -0.384. The highest BCUT2D eigenvalue weighted by atomic mass is 16.6. The van der Waals surface area contributed by atoms with Gasteiger partial charge in [0, 0.05) is 36.7 Å². The van der Waals surface area contributed by atoms with E-state index in [0.717, 1.165) is 6.07 Å². The number of hydrogen-bond donors (Lipinski definition) is 3. The Balaban J connectivity index is 2.34. The first kappa shape index (κ1) is 19.1. The maximum Gasteiger partial charge on any atom is 0.270 e. The van der Waals surface area contributed by atoms with E-state index >= 15 is 0 Å². The number of hydrogen-bond acceptors (Lipinski definition) is 5. The second kappa shape index (κ2) is 9.23. The van der Waals surface area contributed by atoms with Crippen molar-refractivity contribution >= 4 is 23.4 Å². The predicted molar refractivity (Wildman–Crippen MR) is 86.3 cm³/mol. The zero-order chi connectivity index (χ0) is 18.1. The lowest BCUT2D eigenvalue weighted by Crippen LogP contribution is -2.41. The van der Waals surface area contributed by atoms with Crippen molar-refractivity contribution in [3.05, 3.63) is 39.9 Å². The third-order valence-corrected chi connectivity index (χ3v) is 3.00. The molecule has 9 heteroatoms. The second-order valence-corrected chi connectivity index (χ2v) is 5.29. The number of carbonyl (C=O) groups is 3. The summed E-state index contributed by atoms with van der Waals surface area (Å²) in [6.07, 6.45) is 0. The molecule has 0 aliphatic rings. The van der Waals surface area contributed by atoms with Crippen LogP contribution < -0.4 is 16.0 Å². The van der Waals surface area contributed by atoms with E-state index in [4.69, 9.17) is 0 Å². The first-order chi connectivity index (χ1) is 11.3. The van der Waals surface area contributed by atoms with E-state index in [1.807, 2.05) is 0 Å². The number of nitrogens with zero attached hydrogens (tertiary/aromatic N) is 1. The summed E-state index contributed by atoms with van der Waals surface area (Å²) in [5, 5.41) is 18.2. The van der Waals surface area contributed by atoms with E-state index in [0.29, 0.717) is 6.54 Å². The van der Waals surface area contributed by atoms with Gasteiger partial charge in [0.15, 0.2) is 0 Å². The van der Waals surface area contributed by atoms with Crippen LogP contribution >= 0.6 is 0 Å². The predicted octanol–water partition coefficient (Wildman–Crippen LogP) is 0.213. The van der Waals surface area contributed by atoms with Gasteiger partial charge in [-0.1, -0.05) is 19.9 Å². The number of rotatable bonds is 8. The van der Waals surface area contributed by atoms with Crippen LogP contribution in [0.25, 0.3) is 0 Å². The summed E-state index contributed by atoms with van der Waals surface area (Å²) in [6.45, 7) is 3.79. The molecule has 0 bridgehead atoms. The molecule has 0 aliphatic carbocycles. The van der Waals surface area contributed by atoms with Crippen LogP contribution in [0.5, 0.6) is 0 Å². The minimum absolute atomic E-state index is 0.0983. The number of nitro benzene ring substituents is 1. The molecule has 0 saturated heterocycles. The molecule has 0 aliphatic heterocycles. The minimum Gasteiger partial charge on any atom is -0.354 e. The molecule has 0 saturated carbocycles. The maximum atomic E-state index is 11.8. The lowest BCUT2D eigenvalue weighted by Gasteiger charge is -2.09. The van der Waals surface area contributed by atoms with Crippen molar-refractivity contribution in [2.24, 2.45) is 5.92 Å². The first-order valence-electron chi connectivity index (χ1n) is 7.38. The molecule has 0 fully saturated rings. The van der Waals surface area contributed by atoms with E-state index in [2.05, 4.69) is 16.0 Å². The van der Waals surface area contributed by atoms with Crippen molar-refractivity contribution in [2.75, 3.05) is 19.6 Å². The molecule has 0 unspecified atom stereocenters. The maximum absolute atomic E-state index is 11.8. The van der Waals surface area contributed by atoms with Crippen LogP contribution in [0.3, 0.4) is 0 Å². The third kappa shape index (κ3) is 6.42. The Morgan fingerprint density at radius 2 is 1.79 bits per heavy atom. The molecule has 9 nitrogen and oxygen atoms in total. The summed E-state index contributed by atoms with van der Waals surface area (Å²) in [4.78, 5) is 44.8. The second-order valence-electron chi connectivity index (χ2n) is 5.29. The number of benzene rings is 1. The summed E-state index contributed by atoms with van der Waals surface area (Å²) in [5.41, 5.74) is -0.103. The van der Waals surface area contributed by atoms with Crippen LogP contribution in [-0.4, -0.2) is 42.3 Å². The van der Waals surface area contributed by atoms with Gasteiger partial charge in [-0.25, -0.2) is 0 Å². The highest BCUT2D eigenvalue weighted by molar-refractivity contribution is 5.96. The Morgan fingerprint density at radius 1 is 1.12 bits per heavy atom. The third-order valence-electron chi connectivity index (χ3n) is 3.00. The zero-order valence-electron chi connectivity index (χ0n) is 13.5. The zero-order valence-corrected chi connectivity index (χ0v) is 13.5. The summed E-state index contributed by atoms with van der Waals surface area (Å²) in [6, 6.07) is 5.22. The first-order valence-corrected chi connectivity index (χ1v) is 7.38. The van der Waals surface area contributed by atoms with Crippen molar-refractivity contribution in [2.45, 2.75) is 13.8 Å². The molecular weight excluding hydrogens is 316 g/mol. The topological polar surface area (TPSA) is 130 Å². The van der Waals surface area contributed by atoms with Crippen LogP contribution in [0.1, 0.15) is 24.2 Å². The van der Waals surface area contributed by atoms with Crippen LogP contribution in [-0.2, 0) is 9.59 Å². The van der Waals surface area contributed by atoms with Crippen molar-refractivity contribution in [1.29, 1.82) is 0 Å². The Kier molecular flexibility index (Phi) is 7.34. The van der Waals surface area contributed by atoms with Crippen LogP contribution in [0.4, 0.5) is 5.69 Å². The molecule has 0 radical (unpaired) electrons. The number of carbonyl (C=O) groups excluding carboxylic acids is 3. The van der Waals surface area contributed by atoms with Gasteiger partial charge in [0.25, 0.3) is 11.6 Å². The summed E-state index contributed by atoms with van der Waals surface area (Å²) in [5.74, 6) is -1.24. The average molecular weight is 336 g/mol. The van der Waals surface area contributed by atoms with Gasteiger partial charge in [0.2, 0.25) is 11.8 Å². The molecule has 0 heterocycles. The van der Waals surface area contributed by atoms with Gasteiger partial charge < -0.3 is 16.0 Å². The van der Waals surface area contributed by atoms with Gasteiger partial charge in [0.1, 0.15) is 0 Å². The molecule has 1 rings (SSSR count). The standard InChI is InChI=1S/C15H20N4O5/c1-10(2)14(21)17-7-6-16-13(20)9-18-15(22)11-4-3-5-12(8-11)19(23)24/h3-5,8,10H,6-7,9H2,1-2H3,(H,16,20)(H,17,21)(H,18,22). The fourth-order valence-electron chi connectivity index (χ4n) is 1.68. The summed E-state index contributed by atoms with van der Waals surface area (Å²) < 4.78 is 0. The Hall–Kier alpha value is -2.97. The molecular formula is C15H20N4O5. The largest absolute Gasteiger partial charge is 0.354 e. The van der Waals surface area contributed by atoms with Gasteiger partial charge in [0.05, 0.1) is 11.5 Å². The molecule has 1 aromatic carbocycles. The minimum atomic E-state index is -0.602. The monoisotopic (exact) mass is 336 g/mol. The summed E-state index contributed by atoms with van der Waals surface area (Å²) in [7, 11) is 0. The van der Waals surface area contributed by atoms with Gasteiger partial charge in [-0.05, 0) is 6.07 Å². The number of non-ortho nitro benzene ring substituents is 1. The highest BCUT2D eigenvalue weighted by Crippen LogP contribution is 2.12. The Morgan fingerprint density at radius 3 is 2.42 bits per heavy atom. The number of nitrogens with one attached hydrogen (secondary N) is 3. The fraction of sp³-hybridized carbons (Fsp3) is 0.400. The SMILES string of the molecule is CC(C)C(=O)NCCNC(=O)CNC(=O)c1cccc([N+](=O)[O-])c1. The van der Waals surface area contributed by atoms with E-state index in [-0.39, 0.29) is 36.2 Å². The van der Waals surface area contributed by atoms with E-state index in [9.17, 15) is 24.5 Å². The van der Waals surface area contributed by atoms with E-state index < -0.39 is 16.7 Å². The Labute approximate surface area is 139 Å². The van der Waals surface area contributed by atoms with Crippen LogP contribution in [0, 0.1) is 16.0 Å². The lowest BCUT2D eigenvalue weighted by atomic mass is 10.2. The van der Waals surface area contributed by atoms with E-state index in [1.165, 1.54) is 18.2 Å². The van der Waals surface area contributed by atoms with Gasteiger partial charge in [-0.15, -0.1) is 0 Å². The number of amides is 3. The average Bonchev–Trinajstić information content (AvgIpc) is 2.56.